The molecule has 1 aromatic rings. The Morgan fingerprint density at radius 1 is 1.24 bits per heavy atom. The van der Waals surface area contributed by atoms with E-state index in [0.29, 0.717) is 16.9 Å². The van der Waals surface area contributed by atoms with Crippen LogP contribution in [0, 0.1) is 11.8 Å². The average molecular weight is 275 g/mol. The Hall–Kier alpha value is -0.280. The zero-order valence-electron chi connectivity index (χ0n) is 10.5. The Balaban J connectivity index is 2.83. The maximum absolute atomic E-state index is 6.15. The van der Waals surface area contributed by atoms with Crippen LogP contribution in [-0.4, -0.2) is 6.04 Å². The third kappa shape index (κ3) is 4.14. The van der Waals surface area contributed by atoms with E-state index in [4.69, 9.17) is 29.0 Å². The maximum atomic E-state index is 6.15. The Morgan fingerprint density at radius 2 is 1.88 bits per heavy atom. The largest absolute Gasteiger partial charge is 0.271 e. The molecule has 4 heteroatoms. The minimum absolute atomic E-state index is 0.200. The van der Waals surface area contributed by atoms with Gasteiger partial charge in [0.2, 0.25) is 0 Å². The third-order valence-electron chi connectivity index (χ3n) is 3.35. The molecule has 0 radical (unpaired) electrons. The monoisotopic (exact) mass is 274 g/mol. The second kappa shape index (κ2) is 6.60. The molecular formula is C13H20Cl2N2. The molecule has 0 amide bonds. The van der Waals surface area contributed by atoms with Gasteiger partial charge in [0.05, 0.1) is 0 Å². The van der Waals surface area contributed by atoms with E-state index in [2.05, 4.69) is 26.2 Å². The normalized spacial score (nSPS) is 15.0. The highest BCUT2D eigenvalue weighted by molar-refractivity contribution is 6.33. The molecule has 2 nitrogen and oxygen atoms in total. The lowest BCUT2D eigenvalue weighted by atomic mass is 9.87. The molecule has 0 aliphatic heterocycles. The van der Waals surface area contributed by atoms with Gasteiger partial charge in [0, 0.05) is 16.1 Å². The summed E-state index contributed by atoms with van der Waals surface area (Å²) >= 11 is 12.1. The van der Waals surface area contributed by atoms with Crippen LogP contribution in [0.3, 0.4) is 0 Å². The zero-order valence-corrected chi connectivity index (χ0v) is 12.0. The molecule has 2 unspecified atom stereocenters. The van der Waals surface area contributed by atoms with Crippen LogP contribution in [0.15, 0.2) is 18.2 Å². The summed E-state index contributed by atoms with van der Waals surface area (Å²) in [6.45, 7) is 6.57. The Morgan fingerprint density at radius 3 is 2.41 bits per heavy atom. The molecule has 1 rings (SSSR count). The van der Waals surface area contributed by atoms with Crippen molar-refractivity contribution in [3.63, 3.8) is 0 Å². The Labute approximate surface area is 113 Å². The van der Waals surface area contributed by atoms with Crippen molar-refractivity contribution in [2.75, 3.05) is 0 Å². The molecule has 96 valence electrons. The van der Waals surface area contributed by atoms with Gasteiger partial charge in [-0.3, -0.25) is 11.3 Å². The Bertz CT molecular complexity index is 366. The minimum atomic E-state index is 0.200. The van der Waals surface area contributed by atoms with E-state index in [9.17, 15) is 0 Å². The predicted octanol–water partition coefficient (Wildman–Crippen LogP) is 3.66. The number of hydrazine groups is 1. The molecule has 0 aliphatic rings. The SMILES string of the molecule is CC(C)C(C)C(Cc1cc(Cl)ccc1Cl)NN. The second-order valence-electron chi connectivity index (χ2n) is 4.82. The van der Waals surface area contributed by atoms with E-state index in [0.717, 1.165) is 17.0 Å². The molecule has 1 aromatic carbocycles. The van der Waals surface area contributed by atoms with Crippen molar-refractivity contribution in [2.24, 2.45) is 17.7 Å². The van der Waals surface area contributed by atoms with E-state index in [1.807, 2.05) is 12.1 Å². The van der Waals surface area contributed by atoms with Crippen LogP contribution in [0.25, 0.3) is 0 Å². The fraction of sp³-hybridized carbons (Fsp3) is 0.538. The number of hydrogen-bond acceptors (Lipinski definition) is 2. The topological polar surface area (TPSA) is 38.0 Å². The first-order valence-corrected chi connectivity index (χ1v) is 6.61. The van der Waals surface area contributed by atoms with Gasteiger partial charge in [-0.2, -0.15) is 0 Å². The molecular weight excluding hydrogens is 255 g/mol. The van der Waals surface area contributed by atoms with E-state index in [1.54, 1.807) is 6.07 Å². The first-order valence-electron chi connectivity index (χ1n) is 5.85. The minimum Gasteiger partial charge on any atom is -0.271 e. The lowest BCUT2D eigenvalue weighted by Gasteiger charge is -2.26. The molecule has 0 bridgehead atoms. The van der Waals surface area contributed by atoms with Gasteiger partial charge in [0.1, 0.15) is 0 Å². The molecule has 0 aromatic heterocycles. The van der Waals surface area contributed by atoms with Crippen molar-refractivity contribution < 1.29 is 0 Å². The van der Waals surface area contributed by atoms with Crippen molar-refractivity contribution in [1.29, 1.82) is 0 Å². The van der Waals surface area contributed by atoms with Gasteiger partial charge in [0.15, 0.2) is 0 Å². The van der Waals surface area contributed by atoms with E-state index in [1.165, 1.54) is 0 Å². The summed E-state index contributed by atoms with van der Waals surface area (Å²) in [6.07, 6.45) is 0.787. The number of rotatable bonds is 5. The van der Waals surface area contributed by atoms with Gasteiger partial charge < -0.3 is 0 Å². The van der Waals surface area contributed by atoms with Crippen LogP contribution in [0.1, 0.15) is 26.3 Å². The predicted molar refractivity (Wildman–Crippen MR) is 75.3 cm³/mol. The van der Waals surface area contributed by atoms with E-state index >= 15 is 0 Å². The molecule has 0 heterocycles. The molecule has 3 N–H and O–H groups in total. The summed E-state index contributed by atoms with van der Waals surface area (Å²) in [5.74, 6) is 6.65. The van der Waals surface area contributed by atoms with Crippen LogP contribution in [0.5, 0.6) is 0 Å². The number of hydrogen-bond donors (Lipinski definition) is 2. The summed E-state index contributed by atoms with van der Waals surface area (Å²) in [7, 11) is 0. The third-order valence-corrected chi connectivity index (χ3v) is 3.95. The molecule has 0 saturated carbocycles. The van der Waals surface area contributed by atoms with Crippen molar-refractivity contribution in [1.82, 2.24) is 5.43 Å². The van der Waals surface area contributed by atoms with Crippen LogP contribution in [0.4, 0.5) is 0 Å². The first-order chi connectivity index (χ1) is 7.95. The van der Waals surface area contributed by atoms with E-state index in [-0.39, 0.29) is 6.04 Å². The maximum Gasteiger partial charge on any atom is 0.0439 e. The number of benzene rings is 1. The standard InChI is InChI=1S/C13H20Cl2N2/c1-8(2)9(3)13(17-16)7-10-6-11(14)4-5-12(10)15/h4-6,8-9,13,17H,7,16H2,1-3H3. The highest BCUT2D eigenvalue weighted by atomic mass is 35.5. The molecule has 17 heavy (non-hydrogen) atoms. The quantitative estimate of drug-likeness (QED) is 0.635. The van der Waals surface area contributed by atoms with Gasteiger partial charge in [-0.25, -0.2) is 0 Å². The van der Waals surface area contributed by atoms with Crippen molar-refractivity contribution in [2.45, 2.75) is 33.2 Å². The van der Waals surface area contributed by atoms with Crippen molar-refractivity contribution >= 4 is 23.2 Å². The van der Waals surface area contributed by atoms with Crippen molar-refractivity contribution in [3.8, 4) is 0 Å². The molecule has 0 spiro atoms. The zero-order chi connectivity index (χ0) is 13.0. The van der Waals surface area contributed by atoms with Gasteiger partial charge in [0.25, 0.3) is 0 Å². The second-order valence-corrected chi connectivity index (χ2v) is 5.66. The molecule has 2 atom stereocenters. The van der Waals surface area contributed by atoms with Gasteiger partial charge in [-0.05, 0) is 42.0 Å². The van der Waals surface area contributed by atoms with Crippen molar-refractivity contribution in [3.05, 3.63) is 33.8 Å². The van der Waals surface area contributed by atoms with Crippen LogP contribution in [0.2, 0.25) is 10.0 Å². The summed E-state index contributed by atoms with van der Waals surface area (Å²) < 4.78 is 0. The number of halogens is 2. The van der Waals surface area contributed by atoms with Crippen LogP contribution >= 0.6 is 23.2 Å². The Kier molecular flexibility index (Phi) is 5.74. The van der Waals surface area contributed by atoms with Gasteiger partial charge in [-0.1, -0.05) is 44.0 Å². The number of nitrogens with one attached hydrogen (secondary N) is 1. The summed E-state index contributed by atoms with van der Waals surface area (Å²) in [6, 6.07) is 5.73. The fourth-order valence-corrected chi connectivity index (χ4v) is 2.19. The summed E-state index contributed by atoms with van der Waals surface area (Å²) in [5, 5.41) is 1.45. The van der Waals surface area contributed by atoms with Crippen LogP contribution in [-0.2, 0) is 6.42 Å². The molecule has 0 aliphatic carbocycles. The summed E-state index contributed by atoms with van der Waals surface area (Å²) in [5.41, 5.74) is 3.91. The lowest BCUT2D eigenvalue weighted by molar-refractivity contribution is 0.299. The fourth-order valence-electron chi connectivity index (χ4n) is 1.80. The lowest BCUT2D eigenvalue weighted by Crippen LogP contribution is -2.43. The smallest absolute Gasteiger partial charge is 0.0439 e. The highest BCUT2D eigenvalue weighted by Gasteiger charge is 2.20. The van der Waals surface area contributed by atoms with Gasteiger partial charge >= 0.3 is 0 Å². The number of nitrogens with two attached hydrogens (primary N) is 1. The summed E-state index contributed by atoms with van der Waals surface area (Å²) in [4.78, 5) is 0. The van der Waals surface area contributed by atoms with E-state index < -0.39 is 0 Å². The molecule has 0 fully saturated rings. The first kappa shape index (κ1) is 14.8. The van der Waals surface area contributed by atoms with Crippen LogP contribution < -0.4 is 11.3 Å². The highest BCUT2D eigenvalue weighted by Crippen LogP contribution is 2.25. The van der Waals surface area contributed by atoms with Gasteiger partial charge in [-0.15, -0.1) is 0 Å². The average Bonchev–Trinajstić information content (AvgIpc) is 2.29. The molecule has 0 saturated heterocycles.